The lowest BCUT2D eigenvalue weighted by Crippen LogP contribution is -2.22. The monoisotopic (exact) mass is 334 g/mol. The van der Waals surface area contributed by atoms with Gasteiger partial charge in [-0.25, -0.2) is 9.48 Å². The Balaban J connectivity index is 2.17. The molecular weight excluding hydrogens is 320 g/mol. The van der Waals surface area contributed by atoms with E-state index in [4.69, 9.17) is 9.84 Å². The van der Waals surface area contributed by atoms with E-state index in [2.05, 4.69) is 10.4 Å². The molecule has 126 valence electrons. The summed E-state index contributed by atoms with van der Waals surface area (Å²) in [4.78, 5) is 33.5. The van der Waals surface area contributed by atoms with Crippen LogP contribution in [0.3, 0.4) is 0 Å². The highest BCUT2D eigenvalue weighted by molar-refractivity contribution is 5.94. The van der Waals surface area contributed by atoms with Crippen LogP contribution in [0.2, 0.25) is 0 Å². The Bertz CT molecular complexity index is 785. The van der Waals surface area contributed by atoms with Crippen molar-refractivity contribution in [1.82, 2.24) is 9.78 Å². The van der Waals surface area contributed by atoms with Crippen LogP contribution in [0.4, 0.5) is 11.4 Å². The number of amides is 1. The minimum atomic E-state index is -1.23. The number of hydrogen-bond acceptors (Lipinski definition) is 6. The number of anilines is 1. The Labute approximate surface area is 135 Å². The molecule has 10 heteroatoms. The number of nitrogens with one attached hydrogen (secondary N) is 1. The third kappa shape index (κ3) is 3.85. The molecule has 0 aliphatic rings. The summed E-state index contributed by atoms with van der Waals surface area (Å²) in [6, 6.07) is 5.29. The molecule has 1 aromatic heterocycles. The van der Waals surface area contributed by atoms with Gasteiger partial charge < -0.3 is 15.2 Å². The van der Waals surface area contributed by atoms with Crippen LogP contribution in [-0.4, -0.2) is 38.3 Å². The average Bonchev–Trinajstić information content (AvgIpc) is 2.97. The zero-order valence-electron chi connectivity index (χ0n) is 12.6. The molecule has 2 aromatic rings. The number of nitrogens with zero attached hydrogens (tertiary/aromatic N) is 3. The highest BCUT2D eigenvalue weighted by Gasteiger charge is 2.19. The van der Waals surface area contributed by atoms with E-state index in [1.807, 2.05) is 0 Å². The van der Waals surface area contributed by atoms with Crippen molar-refractivity contribution in [1.29, 1.82) is 0 Å². The molecule has 0 radical (unpaired) electrons. The molecule has 0 unspecified atom stereocenters. The van der Waals surface area contributed by atoms with E-state index in [0.29, 0.717) is 12.4 Å². The molecule has 24 heavy (non-hydrogen) atoms. The van der Waals surface area contributed by atoms with Gasteiger partial charge >= 0.3 is 5.97 Å². The van der Waals surface area contributed by atoms with Gasteiger partial charge in [0, 0.05) is 6.20 Å². The van der Waals surface area contributed by atoms with E-state index in [1.165, 1.54) is 30.5 Å². The van der Waals surface area contributed by atoms with Gasteiger partial charge in [-0.3, -0.25) is 14.9 Å². The van der Waals surface area contributed by atoms with Gasteiger partial charge in [0.1, 0.15) is 23.7 Å². The van der Waals surface area contributed by atoms with Gasteiger partial charge in [-0.1, -0.05) is 0 Å². The van der Waals surface area contributed by atoms with E-state index in [-0.39, 0.29) is 23.6 Å². The Morgan fingerprint density at radius 1 is 1.42 bits per heavy atom. The van der Waals surface area contributed by atoms with Crippen LogP contribution < -0.4 is 10.1 Å². The van der Waals surface area contributed by atoms with Crippen LogP contribution >= 0.6 is 0 Å². The Kier molecular flexibility index (Phi) is 5.09. The second-order valence-corrected chi connectivity index (χ2v) is 4.60. The SMILES string of the molecule is CCOc1ccc(NC(=O)Cn2nccc2C(=O)O)c([N+](=O)[O-])c1. The molecule has 10 nitrogen and oxygen atoms in total. The Hall–Kier alpha value is -3.43. The predicted octanol–water partition coefficient (Wildman–Crippen LogP) is 1.53. The molecule has 0 aliphatic carbocycles. The van der Waals surface area contributed by atoms with Crippen molar-refractivity contribution < 1.29 is 24.4 Å². The van der Waals surface area contributed by atoms with Crippen LogP contribution in [-0.2, 0) is 11.3 Å². The molecule has 0 aliphatic heterocycles. The molecule has 0 saturated carbocycles. The number of carbonyl (C=O) groups excluding carboxylic acids is 1. The molecule has 2 rings (SSSR count). The van der Waals surface area contributed by atoms with Crippen LogP contribution in [0.1, 0.15) is 17.4 Å². The standard InChI is InChI=1S/C14H14N4O6/c1-2-24-9-3-4-10(12(7-9)18(22)23)16-13(19)8-17-11(14(20)21)5-6-15-17/h3-7H,2,8H2,1H3,(H,16,19)(H,20,21). The smallest absolute Gasteiger partial charge is 0.354 e. The highest BCUT2D eigenvalue weighted by Crippen LogP contribution is 2.29. The fourth-order valence-corrected chi connectivity index (χ4v) is 1.99. The predicted molar refractivity (Wildman–Crippen MR) is 82.1 cm³/mol. The molecule has 2 N–H and O–H groups in total. The molecule has 0 saturated heterocycles. The van der Waals surface area contributed by atoms with E-state index in [9.17, 15) is 19.7 Å². The minimum absolute atomic E-state index is 0.0162. The van der Waals surface area contributed by atoms with Crippen molar-refractivity contribution in [2.45, 2.75) is 13.5 Å². The first-order chi connectivity index (χ1) is 11.4. The summed E-state index contributed by atoms with van der Waals surface area (Å²) in [5, 5.41) is 26.2. The van der Waals surface area contributed by atoms with Gasteiger partial charge in [-0.2, -0.15) is 5.10 Å². The normalized spacial score (nSPS) is 10.2. The van der Waals surface area contributed by atoms with E-state index >= 15 is 0 Å². The molecular formula is C14H14N4O6. The molecule has 0 atom stereocenters. The van der Waals surface area contributed by atoms with Crippen LogP contribution in [0.5, 0.6) is 5.75 Å². The van der Waals surface area contributed by atoms with Gasteiger partial charge in [0.2, 0.25) is 5.91 Å². The average molecular weight is 334 g/mol. The van der Waals surface area contributed by atoms with E-state index < -0.39 is 16.8 Å². The van der Waals surface area contributed by atoms with Gasteiger partial charge in [0.25, 0.3) is 5.69 Å². The summed E-state index contributed by atoms with van der Waals surface area (Å²) in [5.74, 6) is -1.57. The molecule has 0 fully saturated rings. The number of carbonyl (C=O) groups is 2. The van der Waals surface area contributed by atoms with Crippen molar-refractivity contribution in [2.24, 2.45) is 0 Å². The lowest BCUT2D eigenvalue weighted by atomic mass is 10.2. The topological polar surface area (TPSA) is 137 Å². The minimum Gasteiger partial charge on any atom is -0.494 e. The van der Waals surface area contributed by atoms with Crippen molar-refractivity contribution >= 4 is 23.3 Å². The maximum Gasteiger partial charge on any atom is 0.354 e. The third-order valence-corrected chi connectivity index (χ3v) is 2.98. The summed E-state index contributed by atoms with van der Waals surface area (Å²) >= 11 is 0. The lowest BCUT2D eigenvalue weighted by molar-refractivity contribution is -0.384. The van der Waals surface area contributed by atoms with Gasteiger partial charge in [0.05, 0.1) is 17.6 Å². The number of benzene rings is 1. The lowest BCUT2D eigenvalue weighted by Gasteiger charge is -2.09. The van der Waals surface area contributed by atoms with E-state index in [1.54, 1.807) is 6.92 Å². The zero-order valence-corrected chi connectivity index (χ0v) is 12.6. The second kappa shape index (κ2) is 7.22. The second-order valence-electron chi connectivity index (χ2n) is 4.60. The third-order valence-electron chi connectivity index (χ3n) is 2.98. The van der Waals surface area contributed by atoms with Crippen molar-refractivity contribution in [3.8, 4) is 5.75 Å². The number of aromatic nitrogens is 2. The van der Waals surface area contributed by atoms with Crippen molar-refractivity contribution in [3.63, 3.8) is 0 Å². The first kappa shape index (κ1) is 16.9. The van der Waals surface area contributed by atoms with Crippen molar-refractivity contribution in [3.05, 3.63) is 46.3 Å². The molecule has 1 heterocycles. The summed E-state index contributed by atoms with van der Waals surface area (Å²) < 4.78 is 6.17. The Morgan fingerprint density at radius 2 is 2.17 bits per heavy atom. The van der Waals surface area contributed by atoms with E-state index in [0.717, 1.165) is 4.68 Å². The number of hydrogen-bond donors (Lipinski definition) is 2. The van der Waals surface area contributed by atoms with Gasteiger partial charge in [-0.05, 0) is 25.1 Å². The number of nitro groups is 1. The number of ether oxygens (including phenoxy) is 1. The molecule has 0 bridgehead atoms. The number of aromatic carboxylic acids is 1. The zero-order chi connectivity index (χ0) is 17.7. The number of nitro benzene ring substituents is 1. The maximum absolute atomic E-state index is 12.0. The first-order valence-electron chi connectivity index (χ1n) is 6.88. The number of carboxylic acids is 1. The largest absolute Gasteiger partial charge is 0.494 e. The molecule has 1 amide bonds. The molecule has 1 aromatic carbocycles. The number of rotatable bonds is 7. The van der Waals surface area contributed by atoms with Crippen LogP contribution in [0.25, 0.3) is 0 Å². The fraction of sp³-hybridized carbons (Fsp3) is 0.214. The summed E-state index contributed by atoms with van der Waals surface area (Å²) in [6.07, 6.45) is 1.25. The van der Waals surface area contributed by atoms with Gasteiger partial charge in [0.15, 0.2) is 0 Å². The summed E-state index contributed by atoms with van der Waals surface area (Å²) in [5.41, 5.74) is -0.503. The Morgan fingerprint density at radius 3 is 2.79 bits per heavy atom. The fourth-order valence-electron chi connectivity index (χ4n) is 1.99. The van der Waals surface area contributed by atoms with Crippen LogP contribution in [0.15, 0.2) is 30.5 Å². The summed E-state index contributed by atoms with van der Waals surface area (Å²) in [6.45, 7) is 1.70. The first-order valence-corrected chi connectivity index (χ1v) is 6.88. The van der Waals surface area contributed by atoms with Crippen LogP contribution in [0, 0.1) is 10.1 Å². The maximum atomic E-state index is 12.0. The highest BCUT2D eigenvalue weighted by atomic mass is 16.6. The quantitative estimate of drug-likeness (QED) is 0.578. The number of carboxylic acid groups (broad SMARTS) is 1. The van der Waals surface area contributed by atoms with Gasteiger partial charge in [-0.15, -0.1) is 0 Å². The molecule has 0 spiro atoms. The van der Waals surface area contributed by atoms with Crippen molar-refractivity contribution in [2.75, 3.05) is 11.9 Å². The summed E-state index contributed by atoms with van der Waals surface area (Å²) in [7, 11) is 0.